The molecule has 2 aromatic carbocycles. The number of sulfone groups is 1. The Morgan fingerprint density at radius 3 is 2.36 bits per heavy atom. The van der Waals surface area contributed by atoms with Gasteiger partial charge in [-0.1, -0.05) is 30.3 Å². The molecule has 0 fully saturated rings. The zero-order chi connectivity index (χ0) is 19.6. The highest BCUT2D eigenvalue weighted by Gasteiger charge is 2.17. The molecular weight excluding hydrogens is 376 g/mol. The molecular formula is C21H16N2O4S. The number of hydrogen-bond donors (Lipinski definition) is 1. The van der Waals surface area contributed by atoms with Gasteiger partial charge in [0.25, 0.3) is 5.91 Å². The van der Waals surface area contributed by atoms with E-state index in [1.807, 2.05) is 0 Å². The number of hydrogen-bond acceptors (Lipinski definition) is 5. The number of pyridine rings is 1. The van der Waals surface area contributed by atoms with Crippen molar-refractivity contribution in [2.24, 2.45) is 0 Å². The largest absolute Gasteiger partial charge is 0.449 e. The molecule has 0 aliphatic carbocycles. The number of nitrogens with one attached hydrogen (secondary N) is 1. The Morgan fingerprint density at radius 2 is 1.64 bits per heavy atom. The van der Waals surface area contributed by atoms with E-state index in [-0.39, 0.29) is 28.0 Å². The minimum absolute atomic E-state index is 0.178. The lowest BCUT2D eigenvalue weighted by atomic mass is 10.2. The highest BCUT2D eigenvalue weighted by molar-refractivity contribution is 7.91. The molecule has 0 saturated heterocycles. The molecule has 0 spiro atoms. The van der Waals surface area contributed by atoms with Crippen molar-refractivity contribution in [2.45, 2.75) is 16.3 Å². The van der Waals surface area contributed by atoms with Crippen molar-refractivity contribution in [1.29, 1.82) is 0 Å². The second-order valence-corrected chi connectivity index (χ2v) is 8.09. The molecule has 4 aromatic rings. The molecule has 0 bridgehead atoms. The molecule has 1 amide bonds. The lowest BCUT2D eigenvalue weighted by Gasteiger charge is -2.07. The van der Waals surface area contributed by atoms with Crippen LogP contribution in [0.25, 0.3) is 11.1 Å². The lowest BCUT2D eigenvalue weighted by molar-refractivity contribution is 0.0925. The first-order valence-electron chi connectivity index (χ1n) is 8.56. The Balaban J connectivity index is 1.45. The van der Waals surface area contributed by atoms with Gasteiger partial charge in [-0.2, -0.15) is 0 Å². The van der Waals surface area contributed by atoms with Crippen LogP contribution in [0.5, 0.6) is 0 Å². The average Bonchev–Trinajstić information content (AvgIpc) is 3.17. The molecule has 0 aliphatic heterocycles. The van der Waals surface area contributed by atoms with Crippen molar-refractivity contribution in [2.75, 3.05) is 0 Å². The maximum Gasteiger partial charge on any atom is 0.287 e. The summed E-state index contributed by atoms with van der Waals surface area (Å²) in [6.45, 7) is 0.245. The zero-order valence-corrected chi connectivity index (χ0v) is 15.5. The number of benzene rings is 2. The summed E-state index contributed by atoms with van der Waals surface area (Å²) in [6.07, 6.45) is 1.63. The second-order valence-electron chi connectivity index (χ2n) is 6.14. The quantitative estimate of drug-likeness (QED) is 0.561. The van der Waals surface area contributed by atoms with E-state index < -0.39 is 9.84 Å². The molecule has 0 saturated carbocycles. The van der Waals surface area contributed by atoms with Gasteiger partial charge in [-0.25, -0.2) is 8.42 Å². The number of amides is 1. The van der Waals surface area contributed by atoms with Gasteiger partial charge in [-0.15, -0.1) is 0 Å². The number of rotatable bonds is 5. The summed E-state index contributed by atoms with van der Waals surface area (Å²) in [5, 5.41) is 2.76. The summed E-state index contributed by atoms with van der Waals surface area (Å²) in [7, 11) is -3.55. The van der Waals surface area contributed by atoms with Crippen LogP contribution in [0.15, 0.2) is 93.2 Å². The number of fused-ring (bicyclic) bond motifs is 1. The number of carbonyl (C=O) groups excluding carboxylic acids is 1. The van der Waals surface area contributed by atoms with Gasteiger partial charge in [-0.3, -0.25) is 9.78 Å². The fourth-order valence-electron chi connectivity index (χ4n) is 2.77. The third kappa shape index (κ3) is 3.52. The maximum absolute atomic E-state index is 12.6. The average molecular weight is 392 g/mol. The fraction of sp³-hybridized carbons (Fsp3) is 0.0476. The first-order valence-corrected chi connectivity index (χ1v) is 10.0. The Hall–Kier alpha value is -3.45. The SMILES string of the molecule is O=C(NCc1ccc(S(=O)(=O)c2ccccc2)cc1)c1cc2ncccc2o1. The van der Waals surface area contributed by atoms with Crippen LogP contribution >= 0.6 is 0 Å². The van der Waals surface area contributed by atoms with E-state index in [9.17, 15) is 13.2 Å². The minimum atomic E-state index is -3.55. The van der Waals surface area contributed by atoms with Crippen LogP contribution in [-0.2, 0) is 16.4 Å². The second kappa shape index (κ2) is 7.28. The molecule has 0 atom stereocenters. The van der Waals surface area contributed by atoms with Gasteiger partial charge in [0.2, 0.25) is 9.84 Å². The van der Waals surface area contributed by atoms with Crippen LogP contribution in [0.2, 0.25) is 0 Å². The van der Waals surface area contributed by atoms with E-state index in [1.165, 1.54) is 12.1 Å². The molecule has 0 unspecified atom stereocenters. The van der Waals surface area contributed by atoms with Gasteiger partial charge in [0.15, 0.2) is 11.3 Å². The van der Waals surface area contributed by atoms with Gasteiger partial charge in [-0.05, 0) is 42.0 Å². The first-order chi connectivity index (χ1) is 13.5. The van der Waals surface area contributed by atoms with Gasteiger partial charge < -0.3 is 9.73 Å². The predicted molar refractivity (Wildman–Crippen MR) is 104 cm³/mol. The Labute approximate surface area is 161 Å². The number of carbonyl (C=O) groups is 1. The van der Waals surface area contributed by atoms with Crippen molar-refractivity contribution >= 4 is 26.8 Å². The van der Waals surface area contributed by atoms with Crippen molar-refractivity contribution in [3.05, 3.63) is 90.3 Å². The Bertz CT molecular complexity index is 1200. The number of aromatic nitrogens is 1. The Kier molecular flexibility index (Phi) is 4.67. The van der Waals surface area contributed by atoms with Crippen LogP contribution < -0.4 is 5.32 Å². The molecule has 2 aromatic heterocycles. The van der Waals surface area contributed by atoms with Gasteiger partial charge >= 0.3 is 0 Å². The number of nitrogens with zero attached hydrogens (tertiary/aromatic N) is 1. The molecule has 0 radical (unpaired) electrons. The lowest BCUT2D eigenvalue weighted by Crippen LogP contribution is -2.22. The summed E-state index contributed by atoms with van der Waals surface area (Å²) in [6, 6.07) is 19.7. The van der Waals surface area contributed by atoms with Crippen LogP contribution in [-0.4, -0.2) is 19.3 Å². The van der Waals surface area contributed by atoms with Gasteiger partial charge in [0.1, 0.15) is 5.52 Å². The highest BCUT2D eigenvalue weighted by atomic mass is 32.2. The number of furan rings is 1. The monoisotopic (exact) mass is 392 g/mol. The molecule has 140 valence electrons. The maximum atomic E-state index is 12.6. The van der Waals surface area contributed by atoms with Crippen LogP contribution in [0, 0.1) is 0 Å². The van der Waals surface area contributed by atoms with Gasteiger partial charge in [0.05, 0.1) is 9.79 Å². The normalized spacial score (nSPS) is 11.4. The van der Waals surface area contributed by atoms with Crippen LogP contribution in [0.4, 0.5) is 0 Å². The van der Waals surface area contributed by atoms with Crippen LogP contribution in [0.1, 0.15) is 16.1 Å². The summed E-state index contributed by atoms with van der Waals surface area (Å²) in [5.74, 6) is -0.184. The molecule has 0 aliphatic rings. The van der Waals surface area contributed by atoms with E-state index in [0.717, 1.165) is 5.56 Å². The minimum Gasteiger partial charge on any atom is -0.449 e. The van der Waals surface area contributed by atoms with E-state index in [4.69, 9.17) is 4.42 Å². The topological polar surface area (TPSA) is 89.3 Å². The van der Waals surface area contributed by atoms with Crippen LogP contribution in [0.3, 0.4) is 0 Å². The van der Waals surface area contributed by atoms with Crippen molar-refractivity contribution in [3.63, 3.8) is 0 Å². The summed E-state index contributed by atoms with van der Waals surface area (Å²) < 4.78 is 30.7. The van der Waals surface area contributed by atoms with E-state index in [0.29, 0.717) is 11.1 Å². The standard InChI is InChI=1S/C21H16N2O4S/c24-21(20-13-18-19(27-20)7-4-12-22-18)23-14-15-8-10-17(11-9-15)28(25,26)16-5-2-1-3-6-16/h1-13H,14H2,(H,23,24). The summed E-state index contributed by atoms with van der Waals surface area (Å²) >= 11 is 0. The highest BCUT2D eigenvalue weighted by Crippen LogP contribution is 2.21. The van der Waals surface area contributed by atoms with Gasteiger partial charge in [0, 0.05) is 18.8 Å². The summed E-state index contributed by atoms with van der Waals surface area (Å²) in [4.78, 5) is 16.9. The van der Waals surface area contributed by atoms with E-state index in [1.54, 1.807) is 66.9 Å². The van der Waals surface area contributed by atoms with E-state index >= 15 is 0 Å². The fourth-order valence-corrected chi connectivity index (χ4v) is 4.06. The third-order valence-corrected chi connectivity index (χ3v) is 6.04. The van der Waals surface area contributed by atoms with Crippen molar-refractivity contribution in [1.82, 2.24) is 10.3 Å². The van der Waals surface area contributed by atoms with E-state index in [2.05, 4.69) is 10.3 Å². The third-order valence-electron chi connectivity index (χ3n) is 4.25. The molecule has 2 heterocycles. The molecule has 4 rings (SSSR count). The smallest absolute Gasteiger partial charge is 0.287 e. The predicted octanol–water partition coefficient (Wildman–Crippen LogP) is 3.59. The molecule has 6 nitrogen and oxygen atoms in total. The summed E-state index contributed by atoms with van der Waals surface area (Å²) in [5.41, 5.74) is 1.93. The molecule has 7 heteroatoms. The molecule has 28 heavy (non-hydrogen) atoms. The molecule has 1 N–H and O–H groups in total. The Morgan fingerprint density at radius 1 is 0.929 bits per heavy atom. The zero-order valence-electron chi connectivity index (χ0n) is 14.7. The van der Waals surface area contributed by atoms with Crippen molar-refractivity contribution < 1.29 is 17.6 Å². The first kappa shape index (κ1) is 17.9. The van der Waals surface area contributed by atoms with Crippen molar-refractivity contribution in [3.8, 4) is 0 Å².